The van der Waals surface area contributed by atoms with Crippen molar-refractivity contribution >= 4 is 29.1 Å². The van der Waals surface area contributed by atoms with Gasteiger partial charge in [-0.15, -0.1) is 11.8 Å². The second-order valence-electron chi connectivity index (χ2n) is 11.1. The summed E-state index contributed by atoms with van der Waals surface area (Å²) in [5.74, 6) is 4.44. The monoisotopic (exact) mass is 548 g/mol. The molecule has 0 amide bonds. The molecule has 0 saturated heterocycles. The molecule has 0 N–H and O–H groups in total. The maximum atomic E-state index is 5.67. The highest BCUT2D eigenvalue weighted by Gasteiger charge is 2.47. The Bertz CT molecular complexity index is 1200. The summed E-state index contributed by atoms with van der Waals surface area (Å²) < 4.78 is 11.3. The quantitative estimate of drug-likeness (QED) is 0.275. The molecule has 0 radical (unpaired) electrons. The van der Waals surface area contributed by atoms with Crippen molar-refractivity contribution in [1.82, 2.24) is 0 Å². The Morgan fingerprint density at radius 2 is 1.58 bits per heavy atom. The highest BCUT2D eigenvalue weighted by Crippen LogP contribution is 2.58. The minimum absolute atomic E-state index is 0.0658. The van der Waals surface area contributed by atoms with Gasteiger partial charge in [0.1, 0.15) is 11.5 Å². The molecule has 2 nitrogen and oxygen atoms in total. The van der Waals surface area contributed by atoms with Crippen LogP contribution in [0.3, 0.4) is 0 Å². The second kappa shape index (κ2) is 12.6. The van der Waals surface area contributed by atoms with Crippen LogP contribution in [0.25, 0.3) is 5.57 Å². The molecule has 0 aliphatic heterocycles. The highest BCUT2D eigenvalue weighted by molar-refractivity contribution is 8.02. The van der Waals surface area contributed by atoms with Gasteiger partial charge in [0.05, 0.1) is 14.2 Å². The summed E-state index contributed by atoms with van der Waals surface area (Å²) in [4.78, 5) is 0. The van der Waals surface area contributed by atoms with Gasteiger partial charge in [0.15, 0.2) is 0 Å². The summed E-state index contributed by atoms with van der Waals surface area (Å²) in [6.07, 6.45) is 12.0. The van der Waals surface area contributed by atoms with E-state index >= 15 is 0 Å². The van der Waals surface area contributed by atoms with Crippen molar-refractivity contribution < 1.29 is 9.47 Å². The number of unbranched alkanes of at least 4 members (excludes halogenated alkanes) is 2. The largest absolute Gasteiger partial charge is 0.497 e. The van der Waals surface area contributed by atoms with Crippen LogP contribution < -0.4 is 9.47 Å². The standard InChI is InChI=1S/C34H44O2S2/c1-5-7-17-37-23-26-11-9-25-20-28(36-4)13-16-32(25)34(26)21-31-29-15-12-27(35-3)19-24(29)10-14-30(31)33(22-34)38-18-8-6-2/h12-13,15-16,19-20,23,33H,5-11,14,17-18,21-22H2,1-4H3/b26-23-/t33-,34+/m0/s1. The number of allylic oxidation sites excluding steroid dienone is 2. The molecule has 2 aromatic carbocycles. The molecule has 3 aliphatic carbocycles. The van der Waals surface area contributed by atoms with E-state index in [9.17, 15) is 0 Å². The fraction of sp³-hybridized carbons (Fsp3) is 0.529. The molecule has 0 unspecified atom stereocenters. The predicted octanol–water partition coefficient (Wildman–Crippen LogP) is 9.40. The number of thioether (sulfide) groups is 2. The molecular weight excluding hydrogens is 505 g/mol. The van der Waals surface area contributed by atoms with Crippen molar-refractivity contribution in [1.29, 1.82) is 0 Å². The van der Waals surface area contributed by atoms with E-state index in [1.54, 1.807) is 36.5 Å². The van der Waals surface area contributed by atoms with Crippen molar-refractivity contribution in [3.8, 4) is 11.5 Å². The summed E-state index contributed by atoms with van der Waals surface area (Å²) in [5, 5.41) is 3.16. The van der Waals surface area contributed by atoms with Crippen LogP contribution in [-0.4, -0.2) is 31.0 Å². The van der Waals surface area contributed by atoms with E-state index in [-0.39, 0.29) is 5.41 Å². The van der Waals surface area contributed by atoms with Crippen molar-refractivity contribution in [2.24, 2.45) is 0 Å². The van der Waals surface area contributed by atoms with Crippen molar-refractivity contribution in [2.45, 2.75) is 88.7 Å². The molecule has 0 bridgehead atoms. The molecule has 3 aliphatic rings. The normalized spacial score (nSPS) is 23.3. The van der Waals surface area contributed by atoms with E-state index in [4.69, 9.17) is 9.47 Å². The molecule has 38 heavy (non-hydrogen) atoms. The zero-order valence-electron chi connectivity index (χ0n) is 23.7. The summed E-state index contributed by atoms with van der Waals surface area (Å²) in [5.41, 5.74) is 11.1. The maximum Gasteiger partial charge on any atom is 0.119 e. The molecule has 0 saturated carbocycles. The van der Waals surface area contributed by atoms with Gasteiger partial charge >= 0.3 is 0 Å². The first-order valence-corrected chi connectivity index (χ1v) is 16.7. The van der Waals surface area contributed by atoms with Gasteiger partial charge in [0, 0.05) is 10.7 Å². The number of ether oxygens (including phenoxy) is 2. The fourth-order valence-electron chi connectivity index (χ4n) is 6.76. The van der Waals surface area contributed by atoms with Crippen LogP contribution in [0.2, 0.25) is 0 Å². The number of rotatable bonds is 10. The van der Waals surface area contributed by atoms with E-state index in [0.29, 0.717) is 5.25 Å². The van der Waals surface area contributed by atoms with Crippen LogP contribution in [0, 0.1) is 0 Å². The third-order valence-corrected chi connectivity index (χ3v) is 11.2. The Morgan fingerprint density at radius 3 is 2.34 bits per heavy atom. The van der Waals surface area contributed by atoms with E-state index in [2.05, 4.69) is 79.2 Å². The van der Waals surface area contributed by atoms with Gasteiger partial charge < -0.3 is 9.47 Å². The molecule has 0 fully saturated rings. The van der Waals surface area contributed by atoms with Gasteiger partial charge in [-0.25, -0.2) is 0 Å². The van der Waals surface area contributed by atoms with Crippen LogP contribution in [0.4, 0.5) is 0 Å². The fourth-order valence-corrected chi connectivity index (χ4v) is 9.48. The zero-order valence-corrected chi connectivity index (χ0v) is 25.4. The molecule has 5 rings (SSSR count). The Hall–Kier alpha value is -1.78. The summed E-state index contributed by atoms with van der Waals surface area (Å²) in [6.45, 7) is 4.61. The van der Waals surface area contributed by atoms with Crippen LogP contribution >= 0.6 is 23.5 Å². The van der Waals surface area contributed by atoms with Gasteiger partial charge in [-0.05, 0) is 120 Å². The number of hydrogen-bond donors (Lipinski definition) is 0. The Balaban J connectivity index is 1.63. The SMILES string of the molecule is CCCCS/C=C1/CCc2cc(OC)ccc2[C@@]12CC1=C(CCc3cc(OC)ccc31)[C@@H](SCCCC)C2. The third kappa shape index (κ3) is 5.45. The Labute approximate surface area is 239 Å². The second-order valence-corrected chi connectivity index (χ2v) is 13.4. The minimum Gasteiger partial charge on any atom is -0.497 e. The number of aryl methyl sites for hydroxylation is 2. The molecule has 204 valence electrons. The number of hydrogen-bond acceptors (Lipinski definition) is 4. The highest BCUT2D eigenvalue weighted by atomic mass is 32.2. The summed E-state index contributed by atoms with van der Waals surface area (Å²) in [6, 6.07) is 13.8. The molecule has 4 heteroatoms. The van der Waals surface area contributed by atoms with Gasteiger partial charge in [0.2, 0.25) is 0 Å². The van der Waals surface area contributed by atoms with Crippen molar-refractivity contribution in [3.05, 3.63) is 75.2 Å². The zero-order chi connectivity index (χ0) is 26.5. The topological polar surface area (TPSA) is 18.5 Å². The minimum atomic E-state index is 0.0658. The first-order chi connectivity index (χ1) is 18.6. The number of methoxy groups -OCH3 is 2. The smallest absolute Gasteiger partial charge is 0.119 e. The van der Waals surface area contributed by atoms with Crippen LogP contribution in [0.15, 0.2) is 53.0 Å². The maximum absolute atomic E-state index is 5.67. The van der Waals surface area contributed by atoms with Gasteiger partial charge in [-0.3, -0.25) is 0 Å². The van der Waals surface area contributed by atoms with Crippen molar-refractivity contribution in [3.63, 3.8) is 0 Å². The molecule has 1 spiro atoms. The van der Waals surface area contributed by atoms with Crippen LogP contribution in [-0.2, 0) is 18.3 Å². The molecule has 2 aromatic rings. The van der Waals surface area contributed by atoms with Crippen molar-refractivity contribution in [2.75, 3.05) is 25.7 Å². The first kappa shape index (κ1) is 27.8. The van der Waals surface area contributed by atoms with Crippen LogP contribution in [0.1, 0.15) is 87.5 Å². The average Bonchev–Trinajstić information content (AvgIpc) is 2.95. The lowest BCUT2D eigenvalue weighted by Crippen LogP contribution is -2.41. The van der Waals surface area contributed by atoms with E-state index in [1.807, 2.05) is 0 Å². The molecule has 0 heterocycles. The number of benzene rings is 2. The lowest BCUT2D eigenvalue weighted by atomic mass is 9.57. The van der Waals surface area contributed by atoms with Gasteiger partial charge in [-0.1, -0.05) is 50.0 Å². The van der Waals surface area contributed by atoms with Crippen LogP contribution in [0.5, 0.6) is 11.5 Å². The lowest BCUT2D eigenvalue weighted by Gasteiger charge is -2.49. The predicted molar refractivity (Wildman–Crippen MR) is 167 cm³/mol. The first-order valence-electron chi connectivity index (χ1n) is 14.6. The molecular formula is C34H44O2S2. The van der Waals surface area contributed by atoms with E-state index in [0.717, 1.165) is 37.2 Å². The molecule has 2 atom stereocenters. The van der Waals surface area contributed by atoms with E-state index in [1.165, 1.54) is 66.7 Å². The third-order valence-electron chi connectivity index (χ3n) is 8.85. The van der Waals surface area contributed by atoms with Gasteiger partial charge in [0.25, 0.3) is 0 Å². The summed E-state index contributed by atoms with van der Waals surface area (Å²) in [7, 11) is 3.58. The Morgan fingerprint density at radius 1 is 0.868 bits per heavy atom. The van der Waals surface area contributed by atoms with E-state index < -0.39 is 0 Å². The number of fused-ring (bicyclic) bond motifs is 4. The average molecular weight is 549 g/mol. The summed E-state index contributed by atoms with van der Waals surface area (Å²) >= 11 is 4.28. The Kier molecular flexibility index (Phi) is 9.21. The lowest BCUT2D eigenvalue weighted by molar-refractivity contribution is 0.404. The molecule has 0 aromatic heterocycles. The van der Waals surface area contributed by atoms with Gasteiger partial charge in [-0.2, -0.15) is 11.8 Å².